The maximum absolute atomic E-state index is 13.0. The average Bonchev–Trinajstić information content (AvgIpc) is 3.37. The maximum Gasteiger partial charge on any atom is 0.227 e. The Kier molecular flexibility index (Phi) is 7.13. The fourth-order valence-corrected chi connectivity index (χ4v) is 3.28. The molecule has 1 fully saturated rings. The largest absolute Gasteiger partial charge is 0.377 e. The van der Waals surface area contributed by atoms with Gasteiger partial charge in [0.1, 0.15) is 0 Å². The van der Waals surface area contributed by atoms with Gasteiger partial charge in [-0.05, 0) is 47.9 Å². The van der Waals surface area contributed by atoms with E-state index in [-0.39, 0.29) is 23.1 Å². The Morgan fingerprint density at radius 1 is 1.18 bits per heavy atom. The van der Waals surface area contributed by atoms with Gasteiger partial charge >= 0.3 is 0 Å². The van der Waals surface area contributed by atoms with Crippen molar-refractivity contribution in [1.29, 1.82) is 0 Å². The van der Waals surface area contributed by atoms with Crippen molar-refractivity contribution in [2.75, 3.05) is 30.9 Å². The first kappa shape index (κ1) is 22.3. The summed E-state index contributed by atoms with van der Waals surface area (Å²) in [4.78, 5) is 29.2. The summed E-state index contributed by atoms with van der Waals surface area (Å²) in [6.07, 6.45) is 2.49. The van der Waals surface area contributed by atoms with Gasteiger partial charge in [0, 0.05) is 50.9 Å². The van der Waals surface area contributed by atoms with Crippen LogP contribution in [0.1, 0.15) is 59.4 Å². The molecular formula is C23H37N3O2. The first-order valence-electron chi connectivity index (χ1n) is 10.3. The molecule has 2 rings (SSSR count). The van der Waals surface area contributed by atoms with Crippen LogP contribution in [-0.4, -0.2) is 37.4 Å². The molecule has 0 bridgehead atoms. The van der Waals surface area contributed by atoms with Crippen LogP contribution >= 0.6 is 0 Å². The van der Waals surface area contributed by atoms with Crippen LogP contribution in [0.25, 0.3) is 0 Å². The molecule has 1 aliphatic rings. The minimum atomic E-state index is -0.0449. The van der Waals surface area contributed by atoms with E-state index in [2.05, 4.69) is 44.8 Å². The Bertz CT molecular complexity index is 700. The minimum absolute atomic E-state index is 0.0449. The number of nitrogens with zero attached hydrogens (tertiary/aromatic N) is 2. The Morgan fingerprint density at radius 2 is 1.82 bits per heavy atom. The number of anilines is 2. The number of nitrogens with one attached hydrogen (secondary N) is 1. The highest BCUT2D eigenvalue weighted by Gasteiger charge is 2.30. The molecule has 2 amide bonds. The first-order chi connectivity index (χ1) is 13.0. The second-order valence-electron chi connectivity index (χ2n) is 9.91. The van der Waals surface area contributed by atoms with Crippen LogP contribution in [-0.2, 0) is 16.1 Å². The summed E-state index contributed by atoms with van der Waals surface area (Å²) in [7, 11) is 4.01. The van der Waals surface area contributed by atoms with E-state index in [9.17, 15) is 9.59 Å². The number of benzene rings is 1. The summed E-state index contributed by atoms with van der Waals surface area (Å²) in [6, 6.07) is 6.00. The van der Waals surface area contributed by atoms with E-state index in [0.717, 1.165) is 36.3 Å². The lowest BCUT2D eigenvalue weighted by atomic mass is 9.91. The fraction of sp³-hybridized carbons (Fsp3) is 0.652. The number of rotatable bonds is 8. The normalized spacial score (nSPS) is 14.1. The predicted octanol–water partition coefficient (Wildman–Crippen LogP) is 4.52. The molecular weight excluding hydrogens is 350 g/mol. The molecule has 156 valence electrons. The standard InChI is InChI=1S/C23H37N3O2/c1-16(2)14-26(21(27)13-23(3,4)5)15-18-12-19(10-11-20(18)25(6)7)24-22(28)17-8-9-17/h10-12,16-17H,8-9,13-15H2,1-7H3,(H,24,28). The van der Waals surface area contributed by atoms with Gasteiger partial charge in [0.25, 0.3) is 0 Å². The lowest BCUT2D eigenvalue weighted by Crippen LogP contribution is -2.36. The van der Waals surface area contributed by atoms with Gasteiger partial charge in [0.2, 0.25) is 11.8 Å². The fourth-order valence-electron chi connectivity index (χ4n) is 3.28. The van der Waals surface area contributed by atoms with Crippen molar-refractivity contribution in [3.63, 3.8) is 0 Å². The minimum Gasteiger partial charge on any atom is -0.377 e. The van der Waals surface area contributed by atoms with E-state index in [1.54, 1.807) is 0 Å². The van der Waals surface area contributed by atoms with Gasteiger partial charge in [0.15, 0.2) is 0 Å². The molecule has 0 spiro atoms. The SMILES string of the molecule is CC(C)CN(Cc1cc(NC(=O)C2CC2)ccc1N(C)C)C(=O)CC(C)(C)C. The molecule has 1 aliphatic carbocycles. The van der Waals surface area contributed by atoms with Crippen LogP contribution in [0.4, 0.5) is 11.4 Å². The van der Waals surface area contributed by atoms with Gasteiger partial charge in [-0.2, -0.15) is 0 Å². The van der Waals surface area contributed by atoms with Crippen molar-refractivity contribution in [3.05, 3.63) is 23.8 Å². The van der Waals surface area contributed by atoms with Crippen molar-refractivity contribution >= 4 is 23.2 Å². The summed E-state index contributed by atoms with van der Waals surface area (Å²) >= 11 is 0. The molecule has 0 radical (unpaired) electrons. The molecule has 1 saturated carbocycles. The van der Waals surface area contributed by atoms with Gasteiger partial charge in [-0.1, -0.05) is 34.6 Å². The molecule has 1 aromatic rings. The summed E-state index contributed by atoms with van der Waals surface area (Å²) in [5.41, 5.74) is 2.89. The third-order valence-corrected chi connectivity index (χ3v) is 4.76. The van der Waals surface area contributed by atoms with Crippen molar-refractivity contribution in [3.8, 4) is 0 Å². The molecule has 0 aromatic heterocycles. The number of carbonyl (C=O) groups excluding carboxylic acids is 2. The Morgan fingerprint density at radius 3 is 2.32 bits per heavy atom. The Labute approximate surface area is 170 Å². The second-order valence-corrected chi connectivity index (χ2v) is 9.91. The monoisotopic (exact) mass is 387 g/mol. The zero-order valence-electron chi connectivity index (χ0n) is 18.6. The summed E-state index contributed by atoms with van der Waals surface area (Å²) in [6.45, 7) is 11.8. The van der Waals surface area contributed by atoms with Crippen LogP contribution in [0.2, 0.25) is 0 Å². The number of carbonyl (C=O) groups is 2. The zero-order chi connectivity index (χ0) is 21.1. The first-order valence-corrected chi connectivity index (χ1v) is 10.3. The van der Waals surface area contributed by atoms with Crippen LogP contribution < -0.4 is 10.2 Å². The van der Waals surface area contributed by atoms with E-state index < -0.39 is 0 Å². The number of hydrogen-bond donors (Lipinski definition) is 1. The Hall–Kier alpha value is -2.04. The van der Waals surface area contributed by atoms with E-state index in [0.29, 0.717) is 18.9 Å². The molecule has 0 aliphatic heterocycles. The average molecular weight is 388 g/mol. The van der Waals surface area contributed by atoms with Crippen LogP contribution in [0.5, 0.6) is 0 Å². The van der Waals surface area contributed by atoms with E-state index in [1.807, 2.05) is 37.2 Å². The van der Waals surface area contributed by atoms with Crippen molar-refractivity contribution in [1.82, 2.24) is 4.90 Å². The molecule has 0 heterocycles. The lowest BCUT2D eigenvalue weighted by molar-refractivity contribution is -0.134. The molecule has 1 aromatic carbocycles. The van der Waals surface area contributed by atoms with Crippen molar-refractivity contribution in [2.24, 2.45) is 17.3 Å². The molecule has 0 unspecified atom stereocenters. The highest BCUT2D eigenvalue weighted by molar-refractivity contribution is 5.94. The zero-order valence-corrected chi connectivity index (χ0v) is 18.6. The Balaban J connectivity index is 2.26. The van der Waals surface area contributed by atoms with Gasteiger partial charge in [-0.3, -0.25) is 9.59 Å². The molecule has 0 atom stereocenters. The van der Waals surface area contributed by atoms with Crippen LogP contribution in [0.15, 0.2) is 18.2 Å². The van der Waals surface area contributed by atoms with E-state index >= 15 is 0 Å². The van der Waals surface area contributed by atoms with Crippen molar-refractivity contribution < 1.29 is 9.59 Å². The van der Waals surface area contributed by atoms with Gasteiger partial charge in [0.05, 0.1) is 0 Å². The molecule has 0 saturated heterocycles. The summed E-state index contributed by atoms with van der Waals surface area (Å²) < 4.78 is 0. The lowest BCUT2D eigenvalue weighted by Gasteiger charge is -2.30. The molecule has 5 heteroatoms. The van der Waals surface area contributed by atoms with E-state index in [4.69, 9.17) is 0 Å². The van der Waals surface area contributed by atoms with Gasteiger partial charge < -0.3 is 15.1 Å². The van der Waals surface area contributed by atoms with E-state index in [1.165, 1.54) is 0 Å². The summed E-state index contributed by atoms with van der Waals surface area (Å²) in [5, 5.41) is 3.03. The molecule has 1 N–H and O–H groups in total. The number of hydrogen-bond acceptors (Lipinski definition) is 3. The predicted molar refractivity (Wildman–Crippen MR) is 116 cm³/mol. The van der Waals surface area contributed by atoms with Crippen molar-refractivity contribution in [2.45, 2.75) is 60.4 Å². The highest BCUT2D eigenvalue weighted by Crippen LogP contribution is 2.31. The molecule has 5 nitrogen and oxygen atoms in total. The number of amides is 2. The van der Waals surface area contributed by atoms with Crippen LogP contribution in [0, 0.1) is 17.3 Å². The molecule has 28 heavy (non-hydrogen) atoms. The highest BCUT2D eigenvalue weighted by atomic mass is 16.2. The van der Waals surface area contributed by atoms with Gasteiger partial charge in [-0.25, -0.2) is 0 Å². The third kappa shape index (κ3) is 6.84. The summed E-state index contributed by atoms with van der Waals surface area (Å²) in [5.74, 6) is 0.844. The quantitative estimate of drug-likeness (QED) is 0.713. The maximum atomic E-state index is 13.0. The van der Waals surface area contributed by atoms with Crippen LogP contribution in [0.3, 0.4) is 0 Å². The topological polar surface area (TPSA) is 52.7 Å². The van der Waals surface area contributed by atoms with Gasteiger partial charge in [-0.15, -0.1) is 0 Å². The smallest absolute Gasteiger partial charge is 0.227 e. The third-order valence-electron chi connectivity index (χ3n) is 4.76. The second kappa shape index (κ2) is 8.97.